The van der Waals surface area contributed by atoms with E-state index in [4.69, 9.17) is 9.47 Å². The van der Waals surface area contributed by atoms with E-state index in [0.29, 0.717) is 31.6 Å². The minimum Gasteiger partial charge on any atom is -0.467 e. The summed E-state index contributed by atoms with van der Waals surface area (Å²) in [6.45, 7) is 11.2. The van der Waals surface area contributed by atoms with Crippen LogP contribution in [-0.2, 0) is 51.2 Å². The lowest BCUT2D eigenvalue weighted by atomic mass is 9.86. The van der Waals surface area contributed by atoms with Crippen LogP contribution in [0.4, 0.5) is 0 Å². The number of unbranched alkanes of at least 4 members (excludes halogenated alkanes) is 2. The average Bonchev–Trinajstić information content (AvgIpc) is 3.15. The average molecular weight is 760 g/mol. The number of carbonyl (C=O) groups excluding carboxylic acids is 6. The first-order chi connectivity index (χ1) is 25.9. The molecule has 1 rings (SSSR count). The highest BCUT2D eigenvalue weighted by atomic mass is 16.5. The number of ether oxygens (including phenoxy) is 2. The quantitative estimate of drug-likeness (QED) is 0.0487. The maximum atomic E-state index is 12.4. The third-order valence-electron chi connectivity index (χ3n) is 8.98. The lowest BCUT2D eigenvalue weighted by Crippen LogP contribution is -2.45. The van der Waals surface area contributed by atoms with Crippen LogP contribution in [0, 0.1) is 0 Å². The highest BCUT2D eigenvalue weighted by Gasteiger charge is 2.24. The Hall–Kier alpha value is -4.33. The minimum absolute atomic E-state index is 0.192. The number of nitrogens with zero attached hydrogens (tertiary/aromatic N) is 1. The normalized spacial score (nSPS) is 12.7. The number of allylic oxidation sites excluding steroid dienone is 1. The fourth-order valence-corrected chi connectivity index (χ4v) is 6.25. The molecule has 2 unspecified atom stereocenters. The second-order valence-corrected chi connectivity index (χ2v) is 13.6. The van der Waals surface area contributed by atoms with Crippen molar-refractivity contribution in [1.29, 1.82) is 0 Å². The predicted octanol–water partition coefficient (Wildman–Crippen LogP) is 3.14. The molecule has 14 heteroatoms. The van der Waals surface area contributed by atoms with E-state index in [9.17, 15) is 28.8 Å². The fraction of sp³-hybridized carbons (Fsp3) is 0.675. The van der Waals surface area contributed by atoms with E-state index >= 15 is 0 Å². The predicted molar refractivity (Wildman–Crippen MR) is 208 cm³/mol. The second-order valence-electron chi connectivity index (χ2n) is 13.6. The van der Waals surface area contributed by atoms with Gasteiger partial charge in [-0.05, 0) is 82.4 Å². The van der Waals surface area contributed by atoms with Crippen LogP contribution in [0.2, 0.25) is 0 Å². The highest BCUT2D eigenvalue weighted by molar-refractivity contribution is 5.88. The molecule has 0 saturated carbocycles. The molecule has 5 N–H and O–H groups in total. The van der Waals surface area contributed by atoms with Crippen LogP contribution >= 0.6 is 0 Å². The Bertz CT molecular complexity index is 1370. The molecule has 3 atom stereocenters. The number of hydrogen-bond donors (Lipinski definition) is 5. The zero-order valence-electron chi connectivity index (χ0n) is 33.8. The number of pyridine rings is 1. The van der Waals surface area contributed by atoms with Crippen LogP contribution < -0.4 is 31.2 Å². The SMILES string of the molecule is CC/C=C/c1c[n+](CCCC[C@H](NC(=O)CNC(C)=O)C(=O)OC)cc(C(CCC)CCNCCCCC(NC(=O)CNC(C)=O)C(=O)OC)c1CCC. The van der Waals surface area contributed by atoms with E-state index in [1.807, 2.05) is 0 Å². The highest BCUT2D eigenvalue weighted by Crippen LogP contribution is 2.30. The standard InChI is InChI=1S/C40H66N6O8/c1-8-11-18-32-27-46(24-15-13-20-36(40(52)54-7)45-38(50)26-43-30(5)48)28-34(33(32)17-10-3)31(16-9-2)21-23-41-22-14-12-19-35(39(51)53-6)44-37(49)25-42-29(4)47/h11,18,27-28,31,35-36,41H,8-10,12-17,19-26H2,1-7H3,(H3-,42,43,44,45,47,48,49,50)/p+1/b18-11+/t31?,35?,36-/m0/s1. The molecule has 1 aromatic rings. The van der Waals surface area contributed by atoms with Gasteiger partial charge in [-0.25, -0.2) is 14.2 Å². The molecular weight excluding hydrogens is 692 g/mol. The molecule has 0 aliphatic rings. The van der Waals surface area contributed by atoms with Crippen LogP contribution in [0.3, 0.4) is 0 Å². The van der Waals surface area contributed by atoms with Crippen molar-refractivity contribution >= 4 is 41.6 Å². The summed E-state index contributed by atoms with van der Waals surface area (Å²) in [5, 5.41) is 13.8. The smallest absolute Gasteiger partial charge is 0.328 e. The summed E-state index contributed by atoms with van der Waals surface area (Å²) in [5.74, 6) is -2.18. The van der Waals surface area contributed by atoms with E-state index in [1.165, 1.54) is 44.8 Å². The lowest BCUT2D eigenvalue weighted by molar-refractivity contribution is -0.698. The molecule has 0 bridgehead atoms. The van der Waals surface area contributed by atoms with Gasteiger partial charge in [0.05, 0.1) is 27.3 Å². The maximum Gasteiger partial charge on any atom is 0.328 e. The first kappa shape index (κ1) is 47.7. The fourth-order valence-electron chi connectivity index (χ4n) is 6.25. The van der Waals surface area contributed by atoms with Crippen molar-refractivity contribution in [3.63, 3.8) is 0 Å². The Balaban J connectivity index is 2.96. The summed E-state index contributed by atoms with van der Waals surface area (Å²) in [5.41, 5.74) is 3.98. The zero-order valence-corrected chi connectivity index (χ0v) is 33.8. The van der Waals surface area contributed by atoms with Crippen LogP contribution in [0.1, 0.15) is 128 Å². The molecule has 304 valence electrons. The van der Waals surface area contributed by atoms with Gasteiger partial charge in [0.1, 0.15) is 18.6 Å². The third-order valence-corrected chi connectivity index (χ3v) is 8.98. The molecule has 0 radical (unpaired) electrons. The Kier molecular flexibility index (Phi) is 24.9. The monoisotopic (exact) mass is 760 g/mol. The number of nitrogens with one attached hydrogen (secondary N) is 5. The molecule has 0 spiro atoms. The van der Waals surface area contributed by atoms with Crippen molar-refractivity contribution in [3.05, 3.63) is 35.2 Å². The van der Waals surface area contributed by atoms with Crippen LogP contribution in [0.5, 0.6) is 0 Å². The Morgan fingerprint density at radius 3 is 1.80 bits per heavy atom. The van der Waals surface area contributed by atoms with Gasteiger partial charge in [-0.15, -0.1) is 0 Å². The molecule has 0 saturated heterocycles. The molecule has 1 heterocycles. The Morgan fingerprint density at radius 1 is 0.722 bits per heavy atom. The minimum atomic E-state index is -0.787. The van der Waals surface area contributed by atoms with Crippen molar-refractivity contribution in [1.82, 2.24) is 26.6 Å². The van der Waals surface area contributed by atoms with Crippen molar-refractivity contribution in [3.8, 4) is 0 Å². The van der Waals surface area contributed by atoms with Gasteiger partial charge < -0.3 is 36.1 Å². The molecule has 54 heavy (non-hydrogen) atoms. The maximum absolute atomic E-state index is 12.4. The molecule has 14 nitrogen and oxygen atoms in total. The van der Waals surface area contributed by atoms with Gasteiger partial charge in [0.15, 0.2) is 12.4 Å². The molecule has 0 aliphatic carbocycles. The van der Waals surface area contributed by atoms with Crippen LogP contribution in [0.15, 0.2) is 18.5 Å². The van der Waals surface area contributed by atoms with Crippen LogP contribution in [-0.4, -0.2) is 88.0 Å². The number of carbonyl (C=O) groups is 6. The van der Waals surface area contributed by atoms with Gasteiger partial charge >= 0.3 is 11.9 Å². The summed E-state index contributed by atoms with van der Waals surface area (Å²) < 4.78 is 12.0. The first-order valence-electron chi connectivity index (χ1n) is 19.6. The molecule has 1 aromatic heterocycles. The first-order valence-corrected chi connectivity index (χ1v) is 19.6. The van der Waals surface area contributed by atoms with Gasteiger partial charge in [-0.2, -0.15) is 0 Å². The van der Waals surface area contributed by atoms with E-state index in [-0.39, 0.29) is 24.9 Å². The van der Waals surface area contributed by atoms with Gasteiger partial charge in [-0.1, -0.05) is 45.8 Å². The molecular formula is C40H67N6O8+. The lowest BCUT2D eigenvalue weighted by Gasteiger charge is -2.21. The third kappa shape index (κ3) is 19.7. The number of aromatic nitrogens is 1. The Labute approximate surface area is 322 Å². The van der Waals surface area contributed by atoms with Crippen molar-refractivity contribution < 1.29 is 42.8 Å². The molecule has 0 aromatic carbocycles. The number of amides is 4. The number of esters is 2. The summed E-state index contributed by atoms with van der Waals surface area (Å²) in [7, 11) is 2.58. The van der Waals surface area contributed by atoms with Gasteiger partial charge in [0.2, 0.25) is 23.6 Å². The van der Waals surface area contributed by atoms with E-state index in [2.05, 4.69) is 76.5 Å². The van der Waals surface area contributed by atoms with Crippen LogP contribution in [0.25, 0.3) is 6.08 Å². The van der Waals surface area contributed by atoms with Crippen molar-refractivity contribution in [2.45, 2.75) is 136 Å². The van der Waals surface area contributed by atoms with E-state index in [1.54, 1.807) is 0 Å². The number of hydrogen-bond acceptors (Lipinski definition) is 9. The van der Waals surface area contributed by atoms with E-state index in [0.717, 1.165) is 71.0 Å². The molecule has 4 amide bonds. The van der Waals surface area contributed by atoms with Gasteiger partial charge in [0, 0.05) is 31.4 Å². The zero-order chi connectivity index (χ0) is 40.3. The summed E-state index contributed by atoms with van der Waals surface area (Å²) in [6, 6.07) is -1.55. The van der Waals surface area contributed by atoms with Gasteiger partial charge in [0.25, 0.3) is 0 Å². The van der Waals surface area contributed by atoms with E-state index < -0.39 is 35.8 Å². The Morgan fingerprint density at radius 2 is 1.30 bits per heavy atom. The molecule has 0 aliphatic heterocycles. The topological polar surface area (TPSA) is 185 Å². The summed E-state index contributed by atoms with van der Waals surface area (Å²) in [6.07, 6.45) is 18.8. The van der Waals surface area contributed by atoms with Gasteiger partial charge in [-0.3, -0.25) is 19.2 Å². The second kappa shape index (κ2) is 28.2. The molecule has 0 fully saturated rings. The van der Waals surface area contributed by atoms with Crippen molar-refractivity contribution in [2.75, 3.05) is 40.4 Å². The summed E-state index contributed by atoms with van der Waals surface area (Å²) in [4.78, 5) is 71.3. The van der Waals surface area contributed by atoms with Crippen molar-refractivity contribution in [2.24, 2.45) is 0 Å². The summed E-state index contributed by atoms with van der Waals surface area (Å²) >= 11 is 0. The number of aryl methyl sites for hydroxylation is 1. The largest absolute Gasteiger partial charge is 0.467 e. The number of rotatable bonds is 28. The number of methoxy groups -OCH3 is 2.